The summed E-state index contributed by atoms with van der Waals surface area (Å²) in [4.78, 5) is 30.3. The van der Waals surface area contributed by atoms with Crippen LogP contribution in [0.5, 0.6) is 0 Å². The van der Waals surface area contributed by atoms with Crippen molar-refractivity contribution in [3.8, 4) is 0 Å². The van der Waals surface area contributed by atoms with Gasteiger partial charge in [0.05, 0.1) is 19.2 Å². The van der Waals surface area contributed by atoms with Gasteiger partial charge in [-0.05, 0) is 41.5 Å². The third-order valence-electron chi connectivity index (χ3n) is 7.11. The van der Waals surface area contributed by atoms with Crippen molar-refractivity contribution >= 4 is 11.8 Å². The summed E-state index contributed by atoms with van der Waals surface area (Å²) < 4.78 is 7.45. The topological polar surface area (TPSA) is 54.8 Å². The van der Waals surface area contributed by atoms with Crippen LogP contribution in [-0.2, 0) is 26.3 Å². The fraction of sp³-hybridized carbons (Fsp3) is 0.556. The van der Waals surface area contributed by atoms with E-state index in [9.17, 15) is 9.59 Å². The van der Waals surface area contributed by atoms with Crippen molar-refractivity contribution in [3.05, 3.63) is 59.4 Å². The van der Waals surface area contributed by atoms with E-state index >= 15 is 0 Å². The summed E-state index contributed by atoms with van der Waals surface area (Å²) in [6.45, 7) is 9.00. The third kappa shape index (κ3) is 5.01. The van der Waals surface area contributed by atoms with Gasteiger partial charge in [0.25, 0.3) is 0 Å². The van der Waals surface area contributed by atoms with Gasteiger partial charge in [0, 0.05) is 44.6 Å². The number of aromatic nitrogens is 1. The molecule has 1 aliphatic heterocycles. The highest BCUT2D eigenvalue weighted by Crippen LogP contribution is 2.34. The average Bonchev–Trinajstić information content (AvgIpc) is 3.23. The molecular weight excluding hydrogens is 414 g/mol. The zero-order chi connectivity index (χ0) is 23.6. The van der Waals surface area contributed by atoms with Gasteiger partial charge in [-0.3, -0.25) is 9.59 Å². The number of fused-ring (bicyclic) bond motifs is 1. The first-order valence-corrected chi connectivity index (χ1v) is 12.1. The molecule has 0 spiro atoms. The Bertz CT molecular complexity index is 969. The summed E-state index contributed by atoms with van der Waals surface area (Å²) in [5.74, 6) is 0.156. The number of benzene rings is 1. The number of carbonyl (C=O) groups excluding carboxylic acids is 2. The van der Waals surface area contributed by atoms with Gasteiger partial charge in [-0.25, -0.2) is 0 Å². The van der Waals surface area contributed by atoms with Gasteiger partial charge in [0.1, 0.15) is 0 Å². The van der Waals surface area contributed by atoms with Gasteiger partial charge in [0.15, 0.2) is 0 Å². The smallest absolute Gasteiger partial charge is 0.243 e. The second-order valence-corrected chi connectivity index (χ2v) is 10.4. The molecule has 1 aromatic carbocycles. The fourth-order valence-electron chi connectivity index (χ4n) is 4.80. The summed E-state index contributed by atoms with van der Waals surface area (Å²) in [6, 6.07) is 12.6. The number of amides is 2. The van der Waals surface area contributed by atoms with Crippen LogP contribution in [0.15, 0.2) is 42.6 Å². The largest absolute Gasteiger partial charge is 0.383 e. The number of ether oxygens (including phenoxy) is 1. The molecule has 178 valence electrons. The highest BCUT2D eigenvalue weighted by Gasteiger charge is 2.35. The molecule has 2 aliphatic rings. The molecule has 2 aromatic rings. The van der Waals surface area contributed by atoms with Crippen LogP contribution < -0.4 is 0 Å². The minimum atomic E-state index is -0.154. The van der Waals surface area contributed by atoms with Crippen LogP contribution in [0.25, 0.3) is 0 Å². The lowest BCUT2D eigenvalue weighted by Crippen LogP contribution is -2.50. The van der Waals surface area contributed by atoms with Crippen molar-refractivity contribution in [3.63, 3.8) is 0 Å². The lowest BCUT2D eigenvalue weighted by Gasteiger charge is -2.39. The number of hydrogen-bond donors (Lipinski definition) is 0. The quantitative estimate of drug-likeness (QED) is 0.640. The monoisotopic (exact) mass is 451 g/mol. The van der Waals surface area contributed by atoms with Crippen molar-refractivity contribution in [2.45, 2.75) is 58.0 Å². The molecule has 1 saturated carbocycles. The molecule has 1 aromatic heterocycles. The van der Waals surface area contributed by atoms with Crippen molar-refractivity contribution in [2.75, 3.05) is 33.4 Å². The predicted octanol–water partition coefficient (Wildman–Crippen LogP) is 3.99. The maximum absolute atomic E-state index is 13.6. The molecule has 6 heteroatoms. The number of methoxy groups -OCH3 is 1. The molecule has 4 rings (SSSR count). The molecule has 0 saturated heterocycles. The summed E-state index contributed by atoms with van der Waals surface area (Å²) in [5.41, 5.74) is 3.56. The Morgan fingerprint density at radius 2 is 1.82 bits per heavy atom. The van der Waals surface area contributed by atoms with Crippen molar-refractivity contribution in [1.29, 1.82) is 0 Å². The summed E-state index contributed by atoms with van der Waals surface area (Å²) in [5, 5.41) is 0. The number of nitrogens with zero attached hydrogens (tertiary/aromatic N) is 3. The van der Waals surface area contributed by atoms with Gasteiger partial charge in [0.2, 0.25) is 11.8 Å². The minimum absolute atomic E-state index is 0.00359. The molecular formula is C27H37N3O3. The van der Waals surface area contributed by atoms with Crippen molar-refractivity contribution in [2.24, 2.45) is 5.92 Å². The van der Waals surface area contributed by atoms with E-state index in [1.54, 1.807) is 12.0 Å². The van der Waals surface area contributed by atoms with Crippen molar-refractivity contribution in [1.82, 2.24) is 14.4 Å². The SMILES string of the molecule is COCCN(CC(=O)N1CCn2cccc2C1c1ccc(C(C)(C)C)cc1)C(=O)C1CCC1. The molecule has 0 N–H and O–H groups in total. The second-order valence-electron chi connectivity index (χ2n) is 10.4. The maximum Gasteiger partial charge on any atom is 0.243 e. The Balaban J connectivity index is 1.59. The number of rotatable bonds is 7. The van der Waals surface area contributed by atoms with Gasteiger partial charge in [-0.1, -0.05) is 51.5 Å². The first-order valence-electron chi connectivity index (χ1n) is 12.1. The number of hydrogen-bond acceptors (Lipinski definition) is 3. The summed E-state index contributed by atoms with van der Waals surface area (Å²) >= 11 is 0. The summed E-state index contributed by atoms with van der Waals surface area (Å²) in [6.07, 6.45) is 5.03. The molecule has 33 heavy (non-hydrogen) atoms. The van der Waals surface area contributed by atoms with E-state index in [-0.39, 0.29) is 35.7 Å². The van der Waals surface area contributed by atoms with Crippen LogP contribution in [0.3, 0.4) is 0 Å². The third-order valence-corrected chi connectivity index (χ3v) is 7.11. The van der Waals surface area contributed by atoms with Gasteiger partial charge in [-0.15, -0.1) is 0 Å². The van der Waals surface area contributed by atoms with Gasteiger partial charge in [-0.2, -0.15) is 0 Å². The Morgan fingerprint density at radius 1 is 1.09 bits per heavy atom. The Morgan fingerprint density at radius 3 is 2.42 bits per heavy atom. The highest BCUT2D eigenvalue weighted by molar-refractivity contribution is 5.86. The van der Waals surface area contributed by atoms with Crippen LogP contribution in [0.1, 0.15) is 62.9 Å². The van der Waals surface area contributed by atoms with Crippen LogP contribution >= 0.6 is 0 Å². The van der Waals surface area contributed by atoms with E-state index in [4.69, 9.17) is 4.74 Å². The Labute approximate surface area is 197 Å². The zero-order valence-corrected chi connectivity index (χ0v) is 20.4. The van der Waals surface area contributed by atoms with Gasteiger partial charge >= 0.3 is 0 Å². The first kappa shape index (κ1) is 23.6. The molecule has 6 nitrogen and oxygen atoms in total. The molecule has 2 amide bonds. The van der Waals surface area contributed by atoms with Crippen LogP contribution in [0.2, 0.25) is 0 Å². The van der Waals surface area contributed by atoms with E-state index in [2.05, 4.69) is 61.9 Å². The van der Waals surface area contributed by atoms with E-state index in [0.717, 1.165) is 37.1 Å². The molecule has 1 fully saturated rings. The Hall–Kier alpha value is -2.60. The number of carbonyl (C=O) groups is 2. The molecule has 1 unspecified atom stereocenters. The lowest BCUT2D eigenvalue weighted by molar-refractivity contribution is -0.146. The average molecular weight is 452 g/mol. The first-order chi connectivity index (χ1) is 15.8. The fourth-order valence-corrected chi connectivity index (χ4v) is 4.80. The van der Waals surface area contributed by atoms with E-state index in [0.29, 0.717) is 19.7 Å². The zero-order valence-electron chi connectivity index (χ0n) is 20.4. The lowest BCUT2D eigenvalue weighted by atomic mass is 9.84. The minimum Gasteiger partial charge on any atom is -0.383 e. The van der Waals surface area contributed by atoms with E-state index in [1.165, 1.54) is 5.56 Å². The second kappa shape index (κ2) is 9.72. The highest BCUT2D eigenvalue weighted by atomic mass is 16.5. The standard InChI is InChI=1S/C27H37N3O3/c1-27(2,3)22-12-10-20(11-13-22)25-23-9-6-14-28(23)15-16-30(25)24(31)19-29(17-18-33-4)26(32)21-7-5-8-21/h6,9-14,21,25H,5,7-8,15-19H2,1-4H3. The predicted molar refractivity (Wildman–Crippen MR) is 129 cm³/mol. The Kier molecular flexibility index (Phi) is 6.94. The van der Waals surface area contributed by atoms with Crippen LogP contribution in [0, 0.1) is 5.92 Å². The van der Waals surface area contributed by atoms with Gasteiger partial charge < -0.3 is 19.1 Å². The van der Waals surface area contributed by atoms with E-state index in [1.807, 2.05) is 11.0 Å². The van der Waals surface area contributed by atoms with E-state index < -0.39 is 0 Å². The molecule has 0 radical (unpaired) electrons. The van der Waals surface area contributed by atoms with Crippen molar-refractivity contribution < 1.29 is 14.3 Å². The molecule has 1 atom stereocenters. The molecule has 2 heterocycles. The van der Waals surface area contributed by atoms with Crippen LogP contribution in [0.4, 0.5) is 0 Å². The maximum atomic E-state index is 13.6. The van der Waals surface area contributed by atoms with Crippen LogP contribution in [-0.4, -0.2) is 59.5 Å². The normalized spacial score (nSPS) is 18.5. The molecule has 1 aliphatic carbocycles. The molecule has 0 bridgehead atoms. The summed E-state index contributed by atoms with van der Waals surface area (Å²) in [7, 11) is 1.63.